The zero-order chi connectivity index (χ0) is 19.8. The van der Waals surface area contributed by atoms with Crippen molar-refractivity contribution in [3.05, 3.63) is 70.2 Å². The molecule has 0 bridgehead atoms. The first-order valence-corrected chi connectivity index (χ1v) is 9.65. The van der Waals surface area contributed by atoms with Crippen molar-refractivity contribution in [2.45, 2.75) is 46.2 Å². The highest BCUT2D eigenvalue weighted by Crippen LogP contribution is 2.16. The summed E-state index contributed by atoms with van der Waals surface area (Å²) >= 11 is 6.08. The lowest BCUT2D eigenvalue weighted by Gasteiger charge is -2.29. The van der Waals surface area contributed by atoms with Crippen LogP contribution in [-0.4, -0.2) is 29.3 Å². The predicted molar refractivity (Wildman–Crippen MR) is 110 cm³/mol. The van der Waals surface area contributed by atoms with Gasteiger partial charge in [-0.15, -0.1) is 0 Å². The van der Waals surface area contributed by atoms with Gasteiger partial charge < -0.3 is 10.2 Å². The topological polar surface area (TPSA) is 49.4 Å². The maximum absolute atomic E-state index is 13.0. The molecule has 0 fully saturated rings. The minimum absolute atomic E-state index is 0.0852. The van der Waals surface area contributed by atoms with E-state index in [1.54, 1.807) is 17.9 Å². The lowest BCUT2D eigenvalue weighted by Crippen LogP contribution is -2.48. The molecule has 1 atom stereocenters. The summed E-state index contributed by atoms with van der Waals surface area (Å²) in [5, 5.41) is 3.49. The van der Waals surface area contributed by atoms with Gasteiger partial charge in [-0.25, -0.2) is 0 Å². The molecular weight excluding hydrogens is 360 g/mol. The molecule has 4 nitrogen and oxygen atoms in total. The Morgan fingerprint density at radius 3 is 2.44 bits per heavy atom. The van der Waals surface area contributed by atoms with E-state index in [4.69, 9.17) is 11.6 Å². The van der Waals surface area contributed by atoms with Crippen LogP contribution in [0.15, 0.2) is 48.5 Å². The van der Waals surface area contributed by atoms with E-state index in [1.165, 1.54) is 0 Å². The highest BCUT2D eigenvalue weighted by atomic mass is 35.5. The summed E-state index contributed by atoms with van der Waals surface area (Å²) in [5.74, 6) is -0.228. The molecular formula is C22H27ClN2O2. The Bertz CT molecular complexity index is 774. The van der Waals surface area contributed by atoms with Gasteiger partial charge in [0.15, 0.2) is 0 Å². The summed E-state index contributed by atoms with van der Waals surface area (Å²) in [7, 11) is 0. The van der Waals surface area contributed by atoms with Gasteiger partial charge in [-0.2, -0.15) is 0 Å². The highest BCUT2D eigenvalue weighted by Gasteiger charge is 2.26. The number of nitrogens with zero attached hydrogens (tertiary/aromatic N) is 1. The molecule has 2 aromatic rings. The third-order valence-corrected chi connectivity index (χ3v) is 4.67. The molecule has 1 N–H and O–H groups in total. The van der Waals surface area contributed by atoms with E-state index < -0.39 is 6.04 Å². The second kappa shape index (κ2) is 10.1. The van der Waals surface area contributed by atoms with Crippen molar-refractivity contribution in [1.29, 1.82) is 0 Å². The van der Waals surface area contributed by atoms with Crippen LogP contribution >= 0.6 is 11.6 Å². The fourth-order valence-electron chi connectivity index (χ4n) is 2.79. The number of hydrogen-bond donors (Lipinski definition) is 1. The Labute approximate surface area is 166 Å². The molecule has 0 spiro atoms. The summed E-state index contributed by atoms with van der Waals surface area (Å²) in [5.41, 5.74) is 2.98. The average Bonchev–Trinajstić information content (AvgIpc) is 2.65. The number of halogens is 1. The summed E-state index contributed by atoms with van der Waals surface area (Å²) in [6.45, 7) is 6.71. The minimum atomic E-state index is -0.562. The average molecular weight is 387 g/mol. The van der Waals surface area contributed by atoms with E-state index in [0.717, 1.165) is 23.1 Å². The van der Waals surface area contributed by atoms with Crippen molar-refractivity contribution in [2.75, 3.05) is 6.54 Å². The Hall–Kier alpha value is -2.33. The molecule has 2 rings (SSSR count). The summed E-state index contributed by atoms with van der Waals surface area (Å²) in [6.07, 6.45) is 1.11. The van der Waals surface area contributed by atoms with Gasteiger partial charge in [0.05, 0.1) is 6.42 Å². The second-order valence-corrected chi connectivity index (χ2v) is 7.22. The maximum Gasteiger partial charge on any atom is 0.242 e. The number of benzene rings is 2. The third-order valence-electron chi connectivity index (χ3n) is 4.43. The predicted octanol–water partition coefficient (Wildman–Crippen LogP) is 4.13. The van der Waals surface area contributed by atoms with Gasteiger partial charge in [-0.3, -0.25) is 9.59 Å². The molecule has 2 amide bonds. The van der Waals surface area contributed by atoms with Crippen LogP contribution in [0.2, 0.25) is 5.02 Å². The van der Waals surface area contributed by atoms with Crippen LogP contribution in [0.25, 0.3) is 0 Å². The van der Waals surface area contributed by atoms with Gasteiger partial charge >= 0.3 is 0 Å². The molecule has 144 valence electrons. The third kappa shape index (κ3) is 6.40. The van der Waals surface area contributed by atoms with E-state index in [9.17, 15) is 9.59 Å². The first kappa shape index (κ1) is 21.0. The fraction of sp³-hybridized carbons (Fsp3) is 0.364. The number of aryl methyl sites for hydroxylation is 1. The summed E-state index contributed by atoms with van der Waals surface area (Å²) < 4.78 is 0. The number of amides is 2. The van der Waals surface area contributed by atoms with E-state index in [-0.39, 0.29) is 18.2 Å². The molecule has 0 aromatic heterocycles. The number of carbonyl (C=O) groups excluding carboxylic acids is 2. The number of hydrogen-bond acceptors (Lipinski definition) is 2. The van der Waals surface area contributed by atoms with Gasteiger partial charge in [-0.05, 0) is 43.5 Å². The smallest absolute Gasteiger partial charge is 0.242 e. The molecule has 2 aromatic carbocycles. The fourth-order valence-corrected chi connectivity index (χ4v) is 3.01. The van der Waals surface area contributed by atoms with Crippen molar-refractivity contribution in [3.8, 4) is 0 Å². The van der Waals surface area contributed by atoms with Crippen LogP contribution in [0.4, 0.5) is 0 Å². The molecule has 0 saturated heterocycles. The molecule has 0 heterocycles. The van der Waals surface area contributed by atoms with E-state index in [2.05, 4.69) is 5.32 Å². The van der Waals surface area contributed by atoms with Crippen LogP contribution in [0.1, 0.15) is 37.0 Å². The summed E-state index contributed by atoms with van der Waals surface area (Å²) in [4.78, 5) is 27.1. The van der Waals surface area contributed by atoms with E-state index in [1.807, 2.05) is 56.3 Å². The molecule has 0 aliphatic heterocycles. The monoisotopic (exact) mass is 386 g/mol. The largest absolute Gasteiger partial charge is 0.354 e. The Morgan fingerprint density at radius 1 is 1.11 bits per heavy atom. The van der Waals surface area contributed by atoms with E-state index in [0.29, 0.717) is 18.1 Å². The van der Waals surface area contributed by atoms with Crippen molar-refractivity contribution < 1.29 is 9.59 Å². The molecule has 0 saturated carbocycles. The van der Waals surface area contributed by atoms with Crippen molar-refractivity contribution in [2.24, 2.45) is 0 Å². The van der Waals surface area contributed by atoms with Crippen molar-refractivity contribution >= 4 is 23.4 Å². The zero-order valence-corrected chi connectivity index (χ0v) is 16.9. The lowest BCUT2D eigenvalue weighted by molar-refractivity contribution is -0.140. The SMILES string of the molecule is CCCNC(=O)[C@H](C)N(Cc1cccc(Cl)c1)C(=O)Cc1ccc(C)cc1. The molecule has 0 radical (unpaired) electrons. The van der Waals surface area contributed by atoms with Crippen molar-refractivity contribution in [1.82, 2.24) is 10.2 Å². The molecule has 0 aliphatic carbocycles. The van der Waals surface area contributed by atoms with Gasteiger partial charge in [0, 0.05) is 18.1 Å². The number of rotatable bonds is 8. The quantitative estimate of drug-likeness (QED) is 0.741. The highest BCUT2D eigenvalue weighted by molar-refractivity contribution is 6.30. The lowest BCUT2D eigenvalue weighted by atomic mass is 10.1. The van der Waals surface area contributed by atoms with Gasteiger partial charge in [0.1, 0.15) is 6.04 Å². The summed E-state index contributed by atoms with van der Waals surface area (Å²) in [6, 6.07) is 14.7. The number of nitrogens with one attached hydrogen (secondary N) is 1. The van der Waals surface area contributed by atoms with Gasteiger partial charge in [0.2, 0.25) is 11.8 Å². The number of carbonyl (C=O) groups is 2. The first-order chi connectivity index (χ1) is 12.9. The molecule has 0 unspecified atom stereocenters. The Balaban J connectivity index is 2.20. The Kier molecular flexibility index (Phi) is 7.86. The van der Waals surface area contributed by atoms with Crippen LogP contribution in [0, 0.1) is 6.92 Å². The normalized spacial score (nSPS) is 11.7. The van der Waals surface area contributed by atoms with Crippen LogP contribution in [-0.2, 0) is 22.6 Å². The van der Waals surface area contributed by atoms with Gasteiger partial charge in [-0.1, -0.05) is 60.5 Å². The Morgan fingerprint density at radius 2 is 1.81 bits per heavy atom. The maximum atomic E-state index is 13.0. The molecule has 0 aliphatic rings. The van der Waals surface area contributed by atoms with Crippen molar-refractivity contribution in [3.63, 3.8) is 0 Å². The second-order valence-electron chi connectivity index (χ2n) is 6.78. The standard InChI is InChI=1S/C22H27ClN2O2/c1-4-12-24-22(27)17(3)25(15-19-6-5-7-20(23)13-19)21(26)14-18-10-8-16(2)9-11-18/h5-11,13,17H,4,12,14-15H2,1-3H3,(H,24,27)/t17-/m0/s1. The first-order valence-electron chi connectivity index (χ1n) is 9.28. The zero-order valence-electron chi connectivity index (χ0n) is 16.2. The van der Waals surface area contributed by atoms with Gasteiger partial charge in [0.25, 0.3) is 0 Å². The van der Waals surface area contributed by atoms with Crippen LogP contribution in [0.3, 0.4) is 0 Å². The minimum Gasteiger partial charge on any atom is -0.354 e. The molecule has 27 heavy (non-hydrogen) atoms. The van der Waals surface area contributed by atoms with Crippen LogP contribution in [0.5, 0.6) is 0 Å². The van der Waals surface area contributed by atoms with Crippen LogP contribution < -0.4 is 5.32 Å². The molecule has 5 heteroatoms. The van der Waals surface area contributed by atoms with E-state index >= 15 is 0 Å².